The number of aromatic nitrogens is 2. The lowest BCUT2D eigenvalue weighted by Crippen LogP contribution is -2.42. The molecule has 0 aliphatic carbocycles. The van der Waals surface area contributed by atoms with Crippen LogP contribution in [0.5, 0.6) is 11.9 Å². The van der Waals surface area contributed by atoms with E-state index in [9.17, 15) is 5.11 Å². The second-order valence-electron chi connectivity index (χ2n) is 5.67. The van der Waals surface area contributed by atoms with Crippen LogP contribution in [0.25, 0.3) is 0 Å². The molecule has 1 N–H and O–H groups in total. The number of hydrogen-bond donors (Lipinski definition) is 1. The Bertz CT molecular complexity index is 637. The van der Waals surface area contributed by atoms with Crippen molar-refractivity contribution in [2.45, 2.75) is 25.0 Å². The Morgan fingerprint density at radius 3 is 2.70 bits per heavy atom. The molecule has 0 radical (unpaired) electrons. The van der Waals surface area contributed by atoms with Gasteiger partial charge in [-0.3, -0.25) is 4.90 Å². The zero-order chi connectivity index (χ0) is 16.3. The normalized spacial score (nSPS) is 17.9. The van der Waals surface area contributed by atoms with Crippen LogP contribution >= 0.6 is 0 Å². The first kappa shape index (κ1) is 15.8. The standard InChI is InChI=1S/C16H21N3O4/c1-21-14-13(10-17-15(18-14)22-2)16(20)5-7-19(8-6-16)11-12-4-3-9-23-12/h3-4,9-10,20H,5-8,11H2,1-2H3. The van der Waals surface area contributed by atoms with Crippen LogP contribution in [-0.4, -0.2) is 47.3 Å². The Kier molecular flexibility index (Phi) is 4.49. The Balaban J connectivity index is 1.71. The lowest BCUT2D eigenvalue weighted by molar-refractivity contribution is -0.0311. The number of rotatable bonds is 5. The molecule has 0 bridgehead atoms. The summed E-state index contributed by atoms with van der Waals surface area (Å²) in [5.41, 5.74) is -0.379. The molecule has 0 spiro atoms. The van der Waals surface area contributed by atoms with Gasteiger partial charge in [-0.2, -0.15) is 4.98 Å². The molecular formula is C16H21N3O4. The third kappa shape index (κ3) is 3.30. The van der Waals surface area contributed by atoms with E-state index in [1.165, 1.54) is 14.2 Å². The second kappa shape index (κ2) is 6.55. The minimum Gasteiger partial charge on any atom is -0.481 e. The summed E-state index contributed by atoms with van der Waals surface area (Å²) in [6, 6.07) is 4.07. The highest BCUT2D eigenvalue weighted by atomic mass is 16.5. The van der Waals surface area contributed by atoms with Gasteiger partial charge in [-0.05, 0) is 25.0 Å². The molecule has 1 aliphatic rings. The molecule has 0 atom stereocenters. The van der Waals surface area contributed by atoms with E-state index in [0.29, 0.717) is 24.3 Å². The molecule has 0 unspecified atom stereocenters. The van der Waals surface area contributed by atoms with E-state index in [1.807, 2.05) is 12.1 Å². The monoisotopic (exact) mass is 319 g/mol. The summed E-state index contributed by atoms with van der Waals surface area (Å²) in [4.78, 5) is 10.5. The molecule has 2 aromatic heterocycles. The van der Waals surface area contributed by atoms with Crippen LogP contribution < -0.4 is 9.47 Å². The number of ether oxygens (including phenoxy) is 2. The molecule has 0 amide bonds. The smallest absolute Gasteiger partial charge is 0.319 e. The van der Waals surface area contributed by atoms with Gasteiger partial charge >= 0.3 is 6.01 Å². The Labute approximate surface area is 134 Å². The average Bonchev–Trinajstić information content (AvgIpc) is 3.09. The van der Waals surface area contributed by atoms with E-state index in [0.717, 1.165) is 25.4 Å². The van der Waals surface area contributed by atoms with E-state index in [4.69, 9.17) is 13.9 Å². The number of furan rings is 1. The van der Waals surface area contributed by atoms with Gasteiger partial charge in [0, 0.05) is 19.3 Å². The number of hydrogen-bond acceptors (Lipinski definition) is 7. The highest BCUT2D eigenvalue weighted by Gasteiger charge is 2.37. The van der Waals surface area contributed by atoms with Crippen LogP contribution in [0.4, 0.5) is 0 Å². The van der Waals surface area contributed by atoms with Crippen molar-refractivity contribution in [3.05, 3.63) is 35.9 Å². The predicted octanol–water partition coefficient (Wildman–Crippen LogP) is 1.57. The van der Waals surface area contributed by atoms with Crippen molar-refractivity contribution in [3.8, 4) is 11.9 Å². The molecule has 1 saturated heterocycles. The largest absolute Gasteiger partial charge is 0.481 e. The van der Waals surface area contributed by atoms with Crippen LogP contribution in [0.15, 0.2) is 29.0 Å². The molecular weight excluding hydrogens is 298 g/mol. The number of methoxy groups -OCH3 is 2. The van der Waals surface area contributed by atoms with Gasteiger partial charge in [-0.15, -0.1) is 0 Å². The van der Waals surface area contributed by atoms with Gasteiger partial charge in [0.15, 0.2) is 0 Å². The molecule has 7 nitrogen and oxygen atoms in total. The van der Waals surface area contributed by atoms with E-state index in [1.54, 1.807) is 12.5 Å². The molecule has 3 heterocycles. The van der Waals surface area contributed by atoms with Crippen molar-refractivity contribution in [1.29, 1.82) is 0 Å². The first-order valence-corrected chi connectivity index (χ1v) is 7.57. The zero-order valence-corrected chi connectivity index (χ0v) is 13.4. The number of aliphatic hydroxyl groups is 1. The molecule has 1 fully saturated rings. The summed E-state index contributed by atoms with van der Waals surface area (Å²) in [5, 5.41) is 11.0. The maximum atomic E-state index is 11.0. The van der Waals surface area contributed by atoms with Crippen molar-refractivity contribution in [1.82, 2.24) is 14.9 Å². The fraction of sp³-hybridized carbons (Fsp3) is 0.500. The first-order valence-electron chi connectivity index (χ1n) is 7.57. The fourth-order valence-corrected chi connectivity index (χ4v) is 2.90. The summed E-state index contributed by atoms with van der Waals surface area (Å²) < 4.78 is 15.7. The summed E-state index contributed by atoms with van der Waals surface area (Å²) in [6.07, 6.45) is 4.43. The molecule has 7 heteroatoms. The summed E-state index contributed by atoms with van der Waals surface area (Å²) in [6.45, 7) is 2.26. The van der Waals surface area contributed by atoms with Crippen LogP contribution in [0.2, 0.25) is 0 Å². The van der Waals surface area contributed by atoms with Crippen molar-refractivity contribution < 1.29 is 19.0 Å². The molecule has 0 aromatic carbocycles. The summed E-state index contributed by atoms with van der Waals surface area (Å²) >= 11 is 0. The van der Waals surface area contributed by atoms with Gasteiger partial charge in [0.2, 0.25) is 5.88 Å². The molecule has 0 saturated carbocycles. The van der Waals surface area contributed by atoms with Crippen molar-refractivity contribution in [3.63, 3.8) is 0 Å². The summed E-state index contributed by atoms with van der Waals surface area (Å²) in [5.74, 6) is 1.29. The van der Waals surface area contributed by atoms with E-state index in [2.05, 4.69) is 14.9 Å². The van der Waals surface area contributed by atoms with E-state index >= 15 is 0 Å². The molecule has 3 rings (SSSR count). The van der Waals surface area contributed by atoms with Crippen molar-refractivity contribution >= 4 is 0 Å². The Morgan fingerprint density at radius 1 is 1.30 bits per heavy atom. The highest BCUT2D eigenvalue weighted by Crippen LogP contribution is 2.37. The fourth-order valence-electron chi connectivity index (χ4n) is 2.90. The van der Waals surface area contributed by atoms with Crippen LogP contribution in [0.3, 0.4) is 0 Å². The third-order valence-electron chi connectivity index (χ3n) is 4.25. The minimum atomic E-state index is -0.989. The van der Waals surface area contributed by atoms with Gasteiger partial charge in [0.1, 0.15) is 5.76 Å². The molecule has 23 heavy (non-hydrogen) atoms. The van der Waals surface area contributed by atoms with Gasteiger partial charge < -0.3 is 19.0 Å². The Hall–Kier alpha value is -2.12. The molecule has 2 aromatic rings. The first-order chi connectivity index (χ1) is 11.1. The van der Waals surface area contributed by atoms with Gasteiger partial charge in [-0.1, -0.05) is 0 Å². The zero-order valence-electron chi connectivity index (χ0n) is 13.4. The lowest BCUT2D eigenvalue weighted by Gasteiger charge is -2.38. The van der Waals surface area contributed by atoms with Crippen LogP contribution in [-0.2, 0) is 12.1 Å². The van der Waals surface area contributed by atoms with Gasteiger partial charge in [-0.25, -0.2) is 4.98 Å². The minimum absolute atomic E-state index is 0.226. The second-order valence-corrected chi connectivity index (χ2v) is 5.67. The highest BCUT2D eigenvalue weighted by molar-refractivity contribution is 5.31. The van der Waals surface area contributed by atoms with E-state index in [-0.39, 0.29) is 6.01 Å². The Morgan fingerprint density at radius 2 is 2.09 bits per heavy atom. The summed E-state index contributed by atoms with van der Waals surface area (Å²) in [7, 11) is 3.02. The maximum absolute atomic E-state index is 11.0. The van der Waals surface area contributed by atoms with Crippen LogP contribution in [0.1, 0.15) is 24.2 Å². The lowest BCUT2D eigenvalue weighted by atomic mass is 9.85. The van der Waals surface area contributed by atoms with Crippen LogP contribution in [0, 0.1) is 0 Å². The third-order valence-corrected chi connectivity index (χ3v) is 4.25. The average molecular weight is 319 g/mol. The SMILES string of the molecule is COc1ncc(C2(O)CCN(Cc3ccco3)CC2)c(OC)n1. The van der Waals surface area contributed by atoms with E-state index < -0.39 is 5.60 Å². The quantitative estimate of drug-likeness (QED) is 0.896. The van der Waals surface area contributed by atoms with Crippen molar-refractivity contribution in [2.24, 2.45) is 0 Å². The van der Waals surface area contributed by atoms with Crippen molar-refractivity contribution in [2.75, 3.05) is 27.3 Å². The number of likely N-dealkylation sites (tertiary alicyclic amines) is 1. The maximum Gasteiger partial charge on any atom is 0.319 e. The number of nitrogens with zero attached hydrogens (tertiary/aromatic N) is 3. The van der Waals surface area contributed by atoms with Gasteiger partial charge in [0.25, 0.3) is 0 Å². The number of piperidine rings is 1. The molecule has 124 valence electrons. The van der Waals surface area contributed by atoms with Gasteiger partial charge in [0.05, 0.1) is 38.2 Å². The molecule has 1 aliphatic heterocycles. The topological polar surface area (TPSA) is 80.9 Å². The predicted molar refractivity (Wildman–Crippen MR) is 82.3 cm³/mol.